The maximum atomic E-state index is 6.02. The van der Waals surface area contributed by atoms with Gasteiger partial charge in [-0.3, -0.25) is 0 Å². The van der Waals surface area contributed by atoms with Crippen molar-refractivity contribution in [1.82, 2.24) is 14.9 Å². The van der Waals surface area contributed by atoms with Crippen molar-refractivity contribution in [3.05, 3.63) is 17.2 Å². The van der Waals surface area contributed by atoms with Crippen LogP contribution in [0.2, 0.25) is 5.15 Å². The van der Waals surface area contributed by atoms with Crippen molar-refractivity contribution < 1.29 is 0 Å². The summed E-state index contributed by atoms with van der Waals surface area (Å²) >= 11 is 6.02. The average molecular weight is 202 g/mol. The molecule has 0 aromatic carbocycles. The second-order valence-corrected chi connectivity index (χ2v) is 3.90. The number of rotatable bonds is 3. The van der Waals surface area contributed by atoms with Gasteiger partial charge in [-0.15, -0.1) is 0 Å². The Morgan fingerprint density at radius 1 is 1.62 bits per heavy atom. The quantitative estimate of drug-likeness (QED) is 0.811. The zero-order chi connectivity index (χ0) is 10.1. The monoisotopic (exact) mass is 201 g/mol. The molecule has 1 aromatic heterocycles. The van der Waals surface area contributed by atoms with E-state index in [2.05, 4.69) is 35.6 Å². The fourth-order valence-electron chi connectivity index (χ4n) is 1.33. The second-order valence-electron chi connectivity index (χ2n) is 3.55. The van der Waals surface area contributed by atoms with Crippen molar-refractivity contribution >= 4 is 11.6 Å². The fourth-order valence-corrected chi connectivity index (χ4v) is 1.72. The van der Waals surface area contributed by atoms with Gasteiger partial charge in [0.25, 0.3) is 0 Å². The minimum absolute atomic E-state index is 0.135. The molecule has 0 saturated heterocycles. The Balaban J connectivity index is 3.18. The van der Waals surface area contributed by atoms with Gasteiger partial charge in [0, 0.05) is 6.54 Å². The molecule has 0 spiro atoms. The first kappa shape index (κ1) is 10.5. The summed E-state index contributed by atoms with van der Waals surface area (Å²) < 4.78 is 2.05. The first-order valence-electron chi connectivity index (χ1n) is 4.43. The molecule has 1 aromatic rings. The smallest absolute Gasteiger partial charge is 0.152 e. The summed E-state index contributed by atoms with van der Waals surface area (Å²) in [5, 5.41) is 3.80. The summed E-state index contributed by atoms with van der Waals surface area (Å²) in [6.07, 6.45) is 1.77. The molecule has 0 aliphatic carbocycles. The maximum Gasteiger partial charge on any atom is 0.152 e. The lowest BCUT2D eigenvalue weighted by Crippen LogP contribution is -2.35. The zero-order valence-electron chi connectivity index (χ0n) is 8.56. The predicted octanol–water partition coefficient (Wildman–Crippen LogP) is 2.01. The number of aryl methyl sites for hydroxylation is 1. The highest BCUT2D eigenvalue weighted by Crippen LogP contribution is 2.26. The van der Waals surface area contributed by atoms with Gasteiger partial charge in [0.2, 0.25) is 0 Å². The van der Waals surface area contributed by atoms with Crippen LogP contribution in [0.25, 0.3) is 0 Å². The number of imidazole rings is 1. The third kappa shape index (κ3) is 1.86. The number of hydrogen-bond acceptors (Lipinski definition) is 2. The van der Waals surface area contributed by atoms with E-state index >= 15 is 0 Å². The highest BCUT2D eigenvalue weighted by atomic mass is 35.5. The van der Waals surface area contributed by atoms with Gasteiger partial charge in [0.1, 0.15) is 0 Å². The molecule has 1 N–H and O–H groups in total. The summed E-state index contributed by atoms with van der Waals surface area (Å²) in [7, 11) is 1.92. The third-order valence-corrected chi connectivity index (χ3v) is 2.63. The van der Waals surface area contributed by atoms with E-state index in [0.29, 0.717) is 5.15 Å². The van der Waals surface area contributed by atoms with Crippen molar-refractivity contribution in [3.8, 4) is 0 Å². The van der Waals surface area contributed by atoms with Crippen molar-refractivity contribution in [2.45, 2.75) is 32.9 Å². The summed E-state index contributed by atoms with van der Waals surface area (Å²) in [6, 6.07) is 0. The number of hydrogen-bond donors (Lipinski definition) is 1. The summed E-state index contributed by atoms with van der Waals surface area (Å²) in [6.45, 7) is 7.14. The van der Waals surface area contributed by atoms with E-state index in [0.717, 1.165) is 12.2 Å². The Morgan fingerprint density at radius 2 is 2.23 bits per heavy atom. The Hall–Kier alpha value is -0.540. The van der Waals surface area contributed by atoms with E-state index in [1.54, 1.807) is 6.33 Å². The molecule has 13 heavy (non-hydrogen) atoms. The SMILES string of the molecule is CCn1cnc(Cl)c1C(C)(C)NC. The molecule has 0 radical (unpaired) electrons. The summed E-state index contributed by atoms with van der Waals surface area (Å²) in [5.74, 6) is 0. The average Bonchev–Trinajstić information content (AvgIpc) is 2.47. The standard InChI is InChI=1S/C9H16ClN3/c1-5-13-6-12-8(10)7(13)9(2,3)11-4/h6,11H,5H2,1-4H3. The molecule has 0 atom stereocenters. The van der Waals surface area contributed by atoms with Crippen LogP contribution in [0.5, 0.6) is 0 Å². The molecule has 1 rings (SSSR count). The van der Waals surface area contributed by atoms with Crippen LogP contribution < -0.4 is 5.32 Å². The molecule has 0 amide bonds. The Bertz CT molecular complexity index is 291. The van der Waals surface area contributed by atoms with E-state index in [9.17, 15) is 0 Å². The molecular weight excluding hydrogens is 186 g/mol. The van der Waals surface area contributed by atoms with Crippen LogP contribution in [0.3, 0.4) is 0 Å². The molecule has 0 unspecified atom stereocenters. The zero-order valence-corrected chi connectivity index (χ0v) is 9.31. The Morgan fingerprint density at radius 3 is 2.69 bits per heavy atom. The number of aromatic nitrogens is 2. The van der Waals surface area contributed by atoms with Gasteiger partial charge >= 0.3 is 0 Å². The van der Waals surface area contributed by atoms with Gasteiger partial charge < -0.3 is 9.88 Å². The first-order valence-corrected chi connectivity index (χ1v) is 4.80. The molecule has 74 valence electrons. The van der Waals surface area contributed by atoms with Gasteiger partial charge in [0.05, 0.1) is 17.6 Å². The van der Waals surface area contributed by atoms with Gasteiger partial charge in [-0.1, -0.05) is 11.6 Å². The van der Waals surface area contributed by atoms with E-state index < -0.39 is 0 Å². The molecule has 0 aliphatic heterocycles. The van der Waals surface area contributed by atoms with Crippen LogP contribution in [0.1, 0.15) is 26.5 Å². The van der Waals surface area contributed by atoms with Gasteiger partial charge in [0.15, 0.2) is 5.15 Å². The van der Waals surface area contributed by atoms with Crippen LogP contribution in [0, 0.1) is 0 Å². The molecule has 0 bridgehead atoms. The van der Waals surface area contributed by atoms with E-state index in [1.165, 1.54) is 0 Å². The highest BCUT2D eigenvalue weighted by Gasteiger charge is 2.25. The van der Waals surface area contributed by atoms with Crippen molar-refractivity contribution in [1.29, 1.82) is 0 Å². The summed E-state index contributed by atoms with van der Waals surface area (Å²) in [4.78, 5) is 4.09. The molecule has 0 saturated carbocycles. The molecular formula is C9H16ClN3. The van der Waals surface area contributed by atoms with E-state index in [4.69, 9.17) is 11.6 Å². The molecule has 3 nitrogen and oxygen atoms in total. The van der Waals surface area contributed by atoms with Crippen molar-refractivity contribution in [2.24, 2.45) is 0 Å². The maximum absolute atomic E-state index is 6.02. The minimum atomic E-state index is -0.135. The molecule has 0 aliphatic rings. The molecule has 4 heteroatoms. The van der Waals surface area contributed by atoms with Crippen molar-refractivity contribution in [2.75, 3.05) is 7.05 Å². The molecule has 0 fully saturated rings. The first-order chi connectivity index (χ1) is 6.03. The number of nitrogens with one attached hydrogen (secondary N) is 1. The van der Waals surface area contributed by atoms with E-state index in [-0.39, 0.29) is 5.54 Å². The van der Waals surface area contributed by atoms with Crippen molar-refractivity contribution in [3.63, 3.8) is 0 Å². The van der Waals surface area contributed by atoms with Crippen LogP contribution in [-0.4, -0.2) is 16.6 Å². The largest absolute Gasteiger partial charge is 0.332 e. The predicted molar refractivity (Wildman–Crippen MR) is 55.0 cm³/mol. The second kappa shape index (κ2) is 3.68. The van der Waals surface area contributed by atoms with Crippen LogP contribution in [-0.2, 0) is 12.1 Å². The fraction of sp³-hybridized carbons (Fsp3) is 0.667. The van der Waals surface area contributed by atoms with Crippen LogP contribution in [0.15, 0.2) is 6.33 Å². The molecule has 1 heterocycles. The number of halogens is 1. The highest BCUT2D eigenvalue weighted by molar-refractivity contribution is 6.30. The Kier molecular flexibility index (Phi) is 2.98. The lowest BCUT2D eigenvalue weighted by Gasteiger charge is -2.25. The van der Waals surface area contributed by atoms with Gasteiger partial charge in [-0.2, -0.15) is 0 Å². The van der Waals surface area contributed by atoms with Crippen LogP contribution in [0.4, 0.5) is 0 Å². The van der Waals surface area contributed by atoms with Gasteiger partial charge in [-0.25, -0.2) is 4.98 Å². The Labute approximate surface area is 84.1 Å². The lowest BCUT2D eigenvalue weighted by atomic mass is 10.0. The summed E-state index contributed by atoms with van der Waals surface area (Å²) in [5.41, 5.74) is 0.906. The van der Waals surface area contributed by atoms with Gasteiger partial charge in [-0.05, 0) is 27.8 Å². The van der Waals surface area contributed by atoms with Crippen LogP contribution >= 0.6 is 11.6 Å². The normalized spacial score (nSPS) is 12.1. The topological polar surface area (TPSA) is 29.9 Å². The number of nitrogens with zero attached hydrogens (tertiary/aromatic N) is 2. The lowest BCUT2D eigenvalue weighted by molar-refractivity contribution is 0.411. The van der Waals surface area contributed by atoms with E-state index in [1.807, 2.05) is 7.05 Å². The minimum Gasteiger partial charge on any atom is -0.332 e. The third-order valence-electron chi connectivity index (χ3n) is 2.35.